The van der Waals surface area contributed by atoms with Gasteiger partial charge in [-0.1, -0.05) is 6.07 Å². The molecule has 0 spiro atoms. The Morgan fingerprint density at radius 3 is 2.48 bits per heavy atom. The smallest absolute Gasteiger partial charge is 0.276 e. The fraction of sp³-hybridized carbons (Fsp3) is 0.133. The SMILES string of the molecule is O=C1c2ccc(O)cc2O[C@]1(O)Cc1ccc(O)c(O)c1. The highest BCUT2D eigenvalue weighted by atomic mass is 16.6. The van der Waals surface area contributed by atoms with Crippen LogP contribution in [0.15, 0.2) is 36.4 Å². The number of phenols is 3. The molecule has 0 saturated carbocycles. The average Bonchev–Trinajstić information content (AvgIpc) is 2.65. The van der Waals surface area contributed by atoms with Crippen LogP contribution < -0.4 is 4.74 Å². The molecular weight excluding hydrogens is 276 g/mol. The second-order valence-electron chi connectivity index (χ2n) is 4.90. The van der Waals surface area contributed by atoms with Gasteiger partial charge in [-0.05, 0) is 29.8 Å². The van der Waals surface area contributed by atoms with E-state index < -0.39 is 11.6 Å². The van der Waals surface area contributed by atoms with Crippen LogP contribution in [0.2, 0.25) is 0 Å². The van der Waals surface area contributed by atoms with Crippen LogP contribution in [0.3, 0.4) is 0 Å². The second-order valence-corrected chi connectivity index (χ2v) is 4.90. The lowest BCUT2D eigenvalue weighted by Gasteiger charge is -2.20. The first-order chi connectivity index (χ1) is 9.89. The molecular formula is C15H12O6. The van der Waals surface area contributed by atoms with Crippen molar-refractivity contribution in [2.45, 2.75) is 12.2 Å². The third-order valence-electron chi connectivity index (χ3n) is 3.33. The summed E-state index contributed by atoms with van der Waals surface area (Å²) in [6, 6.07) is 7.91. The lowest BCUT2D eigenvalue weighted by molar-refractivity contribution is -0.0889. The fourth-order valence-electron chi connectivity index (χ4n) is 2.29. The predicted molar refractivity (Wildman–Crippen MR) is 71.5 cm³/mol. The molecule has 108 valence electrons. The van der Waals surface area contributed by atoms with E-state index in [1.807, 2.05) is 0 Å². The number of ketones is 1. The van der Waals surface area contributed by atoms with E-state index >= 15 is 0 Å². The zero-order valence-corrected chi connectivity index (χ0v) is 10.8. The number of ether oxygens (including phenoxy) is 1. The van der Waals surface area contributed by atoms with Crippen LogP contribution in [0.25, 0.3) is 0 Å². The predicted octanol–water partition coefficient (Wildman–Crippen LogP) is 1.31. The topological polar surface area (TPSA) is 107 Å². The van der Waals surface area contributed by atoms with Gasteiger partial charge >= 0.3 is 0 Å². The minimum Gasteiger partial charge on any atom is -0.508 e. The number of fused-ring (bicyclic) bond motifs is 1. The molecule has 0 unspecified atom stereocenters. The van der Waals surface area contributed by atoms with E-state index in [1.54, 1.807) is 0 Å². The summed E-state index contributed by atoms with van der Waals surface area (Å²) in [5.74, 6) is -3.34. The molecule has 0 bridgehead atoms. The number of aliphatic hydroxyl groups is 1. The van der Waals surface area contributed by atoms with Crippen LogP contribution in [0, 0.1) is 0 Å². The van der Waals surface area contributed by atoms with Crippen LogP contribution in [0.4, 0.5) is 0 Å². The largest absolute Gasteiger partial charge is 0.508 e. The van der Waals surface area contributed by atoms with Gasteiger partial charge in [-0.3, -0.25) is 4.79 Å². The minimum atomic E-state index is -2.10. The third-order valence-corrected chi connectivity index (χ3v) is 3.33. The summed E-state index contributed by atoms with van der Waals surface area (Å²) >= 11 is 0. The van der Waals surface area contributed by atoms with Crippen LogP contribution in [0.5, 0.6) is 23.0 Å². The normalized spacial score (nSPS) is 20.1. The molecule has 4 N–H and O–H groups in total. The molecule has 21 heavy (non-hydrogen) atoms. The van der Waals surface area contributed by atoms with Crippen LogP contribution in [-0.2, 0) is 6.42 Å². The van der Waals surface area contributed by atoms with Gasteiger partial charge in [0, 0.05) is 12.5 Å². The van der Waals surface area contributed by atoms with E-state index in [0.29, 0.717) is 5.56 Å². The van der Waals surface area contributed by atoms with E-state index in [4.69, 9.17) is 4.74 Å². The molecule has 1 aliphatic rings. The van der Waals surface area contributed by atoms with E-state index in [0.717, 1.165) is 0 Å². The average molecular weight is 288 g/mol. The van der Waals surface area contributed by atoms with Gasteiger partial charge in [0.25, 0.3) is 5.79 Å². The van der Waals surface area contributed by atoms with Gasteiger partial charge in [-0.25, -0.2) is 0 Å². The maximum Gasteiger partial charge on any atom is 0.276 e. The number of Topliss-reactive ketones (excluding diaryl/α,β-unsaturated/α-hetero) is 1. The number of rotatable bonds is 2. The van der Waals surface area contributed by atoms with E-state index in [1.165, 1.54) is 36.4 Å². The number of carbonyl (C=O) groups excluding carboxylic acids is 1. The van der Waals surface area contributed by atoms with Crippen molar-refractivity contribution in [1.29, 1.82) is 0 Å². The molecule has 6 heteroatoms. The number of hydrogen-bond donors (Lipinski definition) is 4. The van der Waals surface area contributed by atoms with Gasteiger partial charge in [-0.15, -0.1) is 0 Å². The Bertz CT molecular complexity index is 739. The Balaban J connectivity index is 1.92. The highest BCUT2D eigenvalue weighted by Crippen LogP contribution is 2.38. The first kappa shape index (κ1) is 13.3. The van der Waals surface area contributed by atoms with Gasteiger partial charge in [0.1, 0.15) is 11.5 Å². The molecule has 0 aromatic heterocycles. The Morgan fingerprint density at radius 1 is 1.00 bits per heavy atom. The highest BCUT2D eigenvalue weighted by molar-refractivity contribution is 6.06. The number of benzene rings is 2. The lowest BCUT2D eigenvalue weighted by Crippen LogP contribution is -2.42. The Kier molecular flexibility index (Phi) is 2.77. The summed E-state index contributed by atoms with van der Waals surface area (Å²) in [5, 5.41) is 38.5. The van der Waals surface area contributed by atoms with Gasteiger partial charge in [0.2, 0.25) is 5.78 Å². The Morgan fingerprint density at radius 2 is 1.76 bits per heavy atom. The number of hydrogen-bond acceptors (Lipinski definition) is 6. The van der Waals surface area contributed by atoms with Gasteiger partial charge in [-0.2, -0.15) is 0 Å². The summed E-state index contributed by atoms with van der Waals surface area (Å²) in [4.78, 5) is 12.2. The van der Waals surface area contributed by atoms with Crippen LogP contribution in [0.1, 0.15) is 15.9 Å². The summed E-state index contributed by atoms with van der Waals surface area (Å²) in [6.45, 7) is 0. The monoisotopic (exact) mass is 288 g/mol. The van der Waals surface area contributed by atoms with E-state index in [-0.39, 0.29) is 35.0 Å². The van der Waals surface area contributed by atoms with Crippen molar-refractivity contribution in [2.75, 3.05) is 0 Å². The summed E-state index contributed by atoms with van der Waals surface area (Å²) in [7, 11) is 0. The number of phenolic OH excluding ortho intramolecular Hbond substituents is 3. The second kappa shape index (κ2) is 4.39. The van der Waals surface area contributed by atoms with E-state index in [9.17, 15) is 25.2 Å². The summed E-state index contributed by atoms with van der Waals surface area (Å²) in [5.41, 5.74) is 0.594. The zero-order valence-electron chi connectivity index (χ0n) is 10.8. The van der Waals surface area contributed by atoms with Gasteiger partial charge in [0.05, 0.1) is 5.56 Å². The fourth-order valence-corrected chi connectivity index (χ4v) is 2.29. The summed E-state index contributed by atoms with van der Waals surface area (Å²) in [6.07, 6.45) is -0.199. The molecule has 0 aliphatic carbocycles. The third kappa shape index (κ3) is 2.15. The molecule has 1 atom stereocenters. The molecule has 2 aromatic rings. The van der Waals surface area contributed by atoms with Crippen molar-refractivity contribution in [3.63, 3.8) is 0 Å². The van der Waals surface area contributed by atoms with Crippen molar-refractivity contribution in [3.8, 4) is 23.0 Å². The molecule has 0 fully saturated rings. The molecule has 1 heterocycles. The van der Waals surface area contributed by atoms with Crippen molar-refractivity contribution >= 4 is 5.78 Å². The molecule has 1 aliphatic heterocycles. The Hall–Kier alpha value is -2.73. The van der Waals surface area contributed by atoms with Crippen molar-refractivity contribution in [2.24, 2.45) is 0 Å². The molecule has 0 saturated heterocycles. The quantitative estimate of drug-likeness (QED) is 0.621. The van der Waals surface area contributed by atoms with Crippen molar-refractivity contribution in [3.05, 3.63) is 47.5 Å². The summed E-state index contributed by atoms with van der Waals surface area (Å²) < 4.78 is 5.26. The lowest BCUT2D eigenvalue weighted by atomic mass is 9.98. The van der Waals surface area contributed by atoms with Crippen LogP contribution in [-0.4, -0.2) is 32.0 Å². The maximum atomic E-state index is 12.2. The van der Waals surface area contributed by atoms with Crippen LogP contribution >= 0.6 is 0 Å². The number of aromatic hydroxyl groups is 3. The molecule has 0 amide bonds. The minimum absolute atomic E-state index is 0.0759. The first-order valence-corrected chi connectivity index (χ1v) is 6.19. The van der Waals surface area contributed by atoms with Crippen molar-refractivity contribution in [1.82, 2.24) is 0 Å². The Labute approximate surface area is 119 Å². The standard InChI is InChI=1S/C15H12O6/c16-9-2-3-10-13(6-9)21-15(20,14(10)19)7-8-1-4-11(17)12(18)5-8/h1-6,16-18,20H,7H2/t15-/m1/s1. The highest BCUT2D eigenvalue weighted by Gasteiger charge is 2.46. The van der Waals surface area contributed by atoms with Gasteiger partial charge < -0.3 is 25.2 Å². The number of carbonyl (C=O) groups is 1. The maximum absolute atomic E-state index is 12.2. The van der Waals surface area contributed by atoms with Crippen molar-refractivity contribution < 1.29 is 30.0 Å². The zero-order chi connectivity index (χ0) is 15.2. The molecule has 6 nitrogen and oxygen atoms in total. The molecule has 0 radical (unpaired) electrons. The van der Waals surface area contributed by atoms with E-state index in [2.05, 4.69) is 0 Å². The molecule has 3 rings (SSSR count). The first-order valence-electron chi connectivity index (χ1n) is 6.19. The molecule has 2 aromatic carbocycles. The van der Waals surface area contributed by atoms with Gasteiger partial charge in [0.15, 0.2) is 11.5 Å².